The Morgan fingerprint density at radius 3 is 2.68 bits per heavy atom. The molecule has 0 saturated carbocycles. The van der Waals surface area contributed by atoms with Crippen LogP contribution in [0.25, 0.3) is 0 Å². The van der Waals surface area contributed by atoms with E-state index in [2.05, 4.69) is 24.1 Å². The minimum atomic E-state index is -0.0460. The molecule has 2 aliphatic heterocycles. The van der Waals surface area contributed by atoms with Crippen LogP contribution < -0.4 is 5.32 Å². The van der Waals surface area contributed by atoms with Gasteiger partial charge < -0.3 is 10.2 Å². The molecule has 3 heteroatoms. The van der Waals surface area contributed by atoms with E-state index in [9.17, 15) is 4.79 Å². The van der Waals surface area contributed by atoms with Gasteiger partial charge in [-0.15, -0.1) is 0 Å². The summed E-state index contributed by atoms with van der Waals surface area (Å²) >= 11 is 0. The summed E-state index contributed by atoms with van der Waals surface area (Å²) in [6.07, 6.45) is 7.98. The second kappa shape index (κ2) is 6.74. The van der Waals surface area contributed by atoms with E-state index in [4.69, 9.17) is 0 Å². The molecule has 0 aromatic rings. The lowest BCUT2D eigenvalue weighted by Gasteiger charge is -2.42. The maximum Gasteiger partial charge on any atom is 0.228 e. The van der Waals surface area contributed by atoms with E-state index in [0.717, 1.165) is 57.8 Å². The Labute approximate surface area is 118 Å². The highest BCUT2D eigenvalue weighted by Crippen LogP contribution is 2.37. The second-order valence-corrected chi connectivity index (χ2v) is 6.45. The topological polar surface area (TPSA) is 32.3 Å². The summed E-state index contributed by atoms with van der Waals surface area (Å²) in [7, 11) is 0. The molecule has 1 N–H and O–H groups in total. The van der Waals surface area contributed by atoms with Gasteiger partial charge in [0.2, 0.25) is 5.91 Å². The van der Waals surface area contributed by atoms with Gasteiger partial charge in [0.25, 0.3) is 0 Å². The van der Waals surface area contributed by atoms with Crippen molar-refractivity contribution in [2.45, 2.75) is 58.8 Å². The highest BCUT2D eigenvalue weighted by Gasteiger charge is 2.41. The lowest BCUT2D eigenvalue weighted by molar-refractivity contribution is -0.146. The SMILES string of the molecule is CCCC1(C(=O)N2CCCC(CC)C2)CCNCC1. The number of rotatable bonds is 4. The quantitative estimate of drug-likeness (QED) is 0.848. The zero-order chi connectivity index (χ0) is 13.7. The molecule has 3 nitrogen and oxygen atoms in total. The number of nitrogens with zero attached hydrogens (tertiary/aromatic N) is 1. The molecule has 0 aliphatic carbocycles. The first-order valence-corrected chi connectivity index (χ1v) is 8.22. The van der Waals surface area contributed by atoms with Crippen molar-refractivity contribution in [1.82, 2.24) is 10.2 Å². The van der Waals surface area contributed by atoms with Gasteiger partial charge in [0.15, 0.2) is 0 Å². The van der Waals surface area contributed by atoms with Crippen molar-refractivity contribution < 1.29 is 4.79 Å². The van der Waals surface area contributed by atoms with Crippen LogP contribution in [0.15, 0.2) is 0 Å². The minimum Gasteiger partial charge on any atom is -0.342 e. The summed E-state index contributed by atoms with van der Waals surface area (Å²) in [6, 6.07) is 0. The largest absolute Gasteiger partial charge is 0.342 e. The smallest absolute Gasteiger partial charge is 0.228 e. The average Bonchev–Trinajstić information content (AvgIpc) is 2.48. The van der Waals surface area contributed by atoms with Crippen LogP contribution in [0.1, 0.15) is 58.8 Å². The molecule has 1 unspecified atom stereocenters. The third-order valence-electron chi connectivity index (χ3n) is 5.13. The van der Waals surface area contributed by atoms with E-state index in [1.165, 1.54) is 19.3 Å². The van der Waals surface area contributed by atoms with E-state index < -0.39 is 0 Å². The first-order valence-electron chi connectivity index (χ1n) is 8.22. The molecule has 2 fully saturated rings. The Morgan fingerprint density at radius 1 is 1.32 bits per heavy atom. The van der Waals surface area contributed by atoms with Crippen LogP contribution in [0.4, 0.5) is 0 Å². The summed E-state index contributed by atoms with van der Waals surface area (Å²) in [5.41, 5.74) is -0.0460. The monoisotopic (exact) mass is 266 g/mol. The molecule has 2 heterocycles. The van der Waals surface area contributed by atoms with E-state index >= 15 is 0 Å². The van der Waals surface area contributed by atoms with Gasteiger partial charge in [0.1, 0.15) is 0 Å². The third kappa shape index (κ3) is 3.31. The van der Waals surface area contributed by atoms with Crippen molar-refractivity contribution in [3.05, 3.63) is 0 Å². The molecule has 0 spiro atoms. The normalized spacial score (nSPS) is 27.3. The highest BCUT2D eigenvalue weighted by molar-refractivity contribution is 5.83. The number of hydrogen-bond donors (Lipinski definition) is 1. The Balaban J connectivity index is 2.05. The molecule has 0 bridgehead atoms. The van der Waals surface area contributed by atoms with Gasteiger partial charge in [-0.05, 0) is 51.1 Å². The molecule has 19 heavy (non-hydrogen) atoms. The lowest BCUT2D eigenvalue weighted by atomic mass is 9.73. The minimum absolute atomic E-state index is 0.0460. The van der Waals surface area contributed by atoms with Crippen LogP contribution in [0.2, 0.25) is 0 Å². The van der Waals surface area contributed by atoms with Gasteiger partial charge in [-0.3, -0.25) is 4.79 Å². The summed E-state index contributed by atoms with van der Waals surface area (Å²) < 4.78 is 0. The van der Waals surface area contributed by atoms with Gasteiger partial charge >= 0.3 is 0 Å². The molecule has 0 radical (unpaired) electrons. The highest BCUT2D eigenvalue weighted by atomic mass is 16.2. The van der Waals surface area contributed by atoms with Crippen molar-refractivity contribution in [3.8, 4) is 0 Å². The van der Waals surface area contributed by atoms with E-state index in [1.54, 1.807) is 0 Å². The van der Waals surface area contributed by atoms with Crippen molar-refractivity contribution in [2.24, 2.45) is 11.3 Å². The Kier molecular flexibility index (Phi) is 5.26. The molecular weight excluding hydrogens is 236 g/mol. The van der Waals surface area contributed by atoms with Crippen molar-refractivity contribution in [3.63, 3.8) is 0 Å². The fourth-order valence-corrected chi connectivity index (χ4v) is 3.87. The Bertz CT molecular complexity index is 292. The fraction of sp³-hybridized carbons (Fsp3) is 0.938. The van der Waals surface area contributed by atoms with Crippen LogP contribution in [0.5, 0.6) is 0 Å². The number of amides is 1. The third-order valence-corrected chi connectivity index (χ3v) is 5.13. The summed E-state index contributed by atoms with van der Waals surface area (Å²) in [6.45, 7) is 8.49. The summed E-state index contributed by atoms with van der Waals surface area (Å²) in [5, 5.41) is 3.40. The zero-order valence-corrected chi connectivity index (χ0v) is 12.7. The van der Waals surface area contributed by atoms with Crippen molar-refractivity contribution in [2.75, 3.05) is 26.2 Å². The van der Waals surface area contributed by atoms with E-state index in [0.29, 0.717) is 5.91 Å². The first kappa shape index (κ1) is 14.8. The van der Waals surface area contributed by atoms with Crippen LogP contribution in [-0.2, 0) is 4.79 Å². The van der Waals surface area contributed by atoms with Gasteiger partial charge in [-0.2, -0.15) is 0 Å². The molecule has 110 valence electrons. The standard InChI is InChI=1S/C16H30N2O/c1-3-7-16(8-10-17-11-9-16)15(19)18-12-5-6-14(4-2)13-18/h14,17H,3-13H2,1-2H3. The van der Waals surface area contributed by atoms with Crippen LogP contribution in [0, 0.1) is 11.3 Å². The molecule has 2 rings (SSSR count). The van der Waals surface area contributed by atoms with Crippen LogP contribution in [0.3, 0.4) is 0 Å². The summed E-state index contributed by atoms with van der Waals surface area (Å²) in [4.78, 5) is 15.2. The zero-order valence-electron chi connectivity index (χ0n) is 12.7. The predicted molar refractivity (Wildman–Crippen MR) is 79.0 cm³/mol. The van der Waals surface area contributed by atoms with Gasteiger partial charge in [-0.1, -0.05) is 26.7 Å². The molecular formula is C16H30N2O. The van der Waals surface area contributed by atoms with E-state index in [1.807, 2.05) is 0 Å². The maximum absolute atomic E-state index is 13.0. The van der Waals surface area contributed by atoms with E-state index in [-0.39, 0.29) is 5.41 Å². The number of piperidine rings is 2. The van der Waals surface area contributed by atoms with Crippen LogP contribution >= 0.6 is 0 Å². The number of hydrogen-bond acceptors (Lipinski definition) is 2. The molecule has 0 aromatic heterocycles. The number of nitrogens with one attached hydrogen (secondary N) is 1. The molecule has 2 aliphatic rings. The van der Waals surface area contributed by atoms with Crippen molar-refractivity contribution in [1.29, 1.82) is 0 Å². The summed E-state index contributed by atoms with van der Waals surface area (Å²) in [5.74, 6) is 1.20. The fourth-order valence-electron chi connectivity index (χ4n) is 3.87. The van der Waals surface area contributed by atoms with Gasteiger partial charge in [-0.25, -0.2) is 0 Å². The maximum atomic E-state index is 13.0. The lowest BCUT2D eigenvalue weighted by Crippen LogP contribution is -2.51. The first-order chi connectivity index (χ1) is 9.22. The Hall–Kier alpha value is -0.570. The molecule has 0 aromatic carbocycles. The van der Waals surface area contributed by atoms with Crippen LogP contribution in [-0.4, -0.2) is 37.0 Å². The average molecular weight is 266 g/mol. The Morgan fingerprint density at radius 2 is 2.05 bits per heavy atom. The van der Waals surface area contributed by atoms with Gasteiger partial charge in [0, 0.05) is 13.1 Å². The van der Waals surface area contributed by atoms with Crippen molar-refractivity contribution >= 4 is 5.91 Å². The number of carbonyl (C=O) groups is 1. The molecule has 1 atom stereocenters. The molecule has 2 saturated heterocycles. The predicted octanol–water partition coefficient (Wildman–Crippen LogP) is 2.80. The number of likely N-dealkylation sites (tertiary alicyclic amines) is 1. The second-order valence-electron chi connectivity index (χ2n) is 6.45. The van der Waals surface area contributed by atoms with Gasteiger partial charge in [0.05, 0.1) is 5.41 Å². The number of carbonyl (C=O) groups excluding carboxylic acids is 1. The molecule has 1 amide bonds.